The number of ether oxygens (including phenoxy) is 1. The third-order valence-electron chi connectivity index (χ3n) is 8.41. The van der Waals surface area contributed by atoms with Crippen molar-refractivity contribution in [2.45, 2.75) is 71.4 Å². The van der Waals surface area contributed by atoms with E-state index in [9.17, 15) is 14.7 Å². The highest BCUT2D eigenvalue weighted by Gasteiger charge is 2.49. The average molecular weight is 528 g/mol. The van der Waals surface area contributed by atoms with Gasteiger partial charge in [-0.3, -0.25) is 9.69 Å². The quantitative estimate of drug-likeness (QED) is 0.453. The van der Waals surface area contributed by atoms with Gasteiger partial charge in [0.2, 0.25) is 5.91 Å². The molecule has 1 saturated carbocycles. The molecule has 2 aromatic rings. The number of piperidine rings is 1. The van der Waals surface area contributed by atoms with Crippen molar-refractivity contribution in [3.8, 4) is 0 Å². The summed E-state index contributed by atoms with van der Waals surface area (Å²) in [6, 6.07) is 8.63. The molecular formula is C29H41N3O4S. The van der Waals surface area contributed by atoms with Crippen LogP contribution < -0.4 is 10.2 Å². The van der Waals surface area contributed by atoms with Crippen LogP contribution in [0.1, 0.15) is 78.4 Å². The molecule has 4 rings (SSSR count). The highest BCUT2D eigenvalue weighted by molar-refractivity contribution is 7.16. The lowest BCUT2D eigenvalue weighted by Gasteiger charge is -2.52. The smallest absolute Gasteiger partial charge is 0.341 e. The summed E-state index contributed by atoms with van der Waals surface area (Å²) in [5, 5.41) is 15.1. The lowest BCUT2D eigenvalue weighted by molar-refractivity contribution is -0.135. The number of amides is 1. The molecular weight excluding hydrogens is 486 g/mol. The summed E-state index contributed by atoms with van der Waals surface area (Å²) in [5.41, 5.74) is 2.91. The summed E-state index contributed by atoms with van der Waals surface area (Å²) >= 11 is 1.40. The van der Waals surface area contributed by atoms with E-state index in [0.717, 1.165) is 54.8 Å². The molecule has 3 atom stereocenters. The molecule has 202 valence electrons. The Hall–Kier alpha value is -2.42. The van der Waals surface area contributed by atoms with Crippen LogP contribution in [-0.2, 0) is 9.53 Å². The number of nitrogens with one attached hydrogen (secondary N) is 1. The minimum absolute atomic E-state index is 0.0394. The number of benzene rings is 1. The van der Waals surface area contributed by atoms with Crippen LogP contribution in [0, 0.1) is 19.8 Å². The Morgan fingerprint density at radius 3 is 2.51 bits per heavy atom. The summed E-state index contributed by atoms with van der Waals surface area (Å²) in [6.45, 7) is 10.9. The van der Waals surface area contributed by atoms with Crippen LogP contribution in [-0.4, -0.2) is 60.8 Å². The zero-order valence-electron chi connectivity index (χ0n) is 22.8. The lowest BCUT2D eigenvalue weighted by atomic mass is 9.66. The Kier molecular flexibility index (Phi) is 8.61. The van der Waals surface area contributed by atoms with Gasteiger partial charge in [-0.15, -0.1) is 11.3 Å². The van der Waals surface area contributed by atoms with Crippen LogP contribution in [0.25, 0.3) is 0 Å². The van der Waals surface area contributed by atoms with Crippen molar-refractivity contribution in [1.29, 1.82) is 0 Å². The highest BCUT2D eigenvalue weighted by atomic mass is 32.1. The summed E-state index contributed by atoms with van der Waals surface area (Å²) in [6.07, 6.45) is 4.59. The molecule has 3 unspecified atom stereocenters. The van der Waals surface area contributed by atoms with Gasteiger partial charge in [-0.05, 0) is 70.2 Å². The number of fused-ring (bicyclic) bond motifs is 1. The zero-order valence-corrected chi connectivity index (χ0v) is 23.6. The van der Waals surface area contributed by atoms with E-state index in [1.54, 1.807) is 0 Å². The minimum atomic E-state index is -0.687. The zero-order chi connectivity index (χ0) is 26.7. The number of carbonyl (C=O) groups excluding carboxylic acids is 2. The number of hydrogen-bond acceptors (Lipinski definition) is 7. The molecule has 7 nitrogen and oxygen atoms in total. The van der Waals surface area contributed by atoms with Crippen LogP contribution >= 0.6 is 11.3 Å². The van der Waals surface area contributed by atoms with Gasteiger partial charge in [0.15, 0.2) is 0 Å². The maximum Gasteiger partial charge on any atom is 0.341 e. The van der Waals surface area contributed by atoms with Crippen molar-refractivity contribution < 1.29 is 19.4 Å². The Morgan fingerprint density at radius 1 is 1.16 bits per heavy atom. The van der Waals surface area contributed by atoms with E-state index >= 15 is 0 Å². The van der Waals surface area contributed by atoms with E-state index in [0.29, 0.717) is 23.5 Å². The van der Waals surface area contributed by atoms with Crippen molar-refractivity contribution in [2.24, 2.45) is 5.92 Å². The molecule has 2 N–H and O–H groups in total. The predicted octanol–water partition coefficient (Wildman–Crippen LogP) is 5.30. The van der Waals surface area contributed by atoms with E-state index in [2.05, 4.69) is 53.2 Å². The number of likely N-dealkylation sites (tertiary alicyclic amines) is 1. The number of carbonyl (C=O) groups is 2. The Morgan fingerprint density at radius 2 is 1.86 bits per heavy atom. The van der Waals surface area contributed by atoms with E-state index in [-0.39, 0.29) is 24.4 Å². The van der Waals surface area contributed by atoms with Gasteiger partial charge in [-0.1, -0.05) is 25.0 Å². The fraction of sp³-hybridized carbons (Fsp3) is 0.586. The van der Waals surface area contributed by atoms with Crippen molar-refractivity contribution in [3.63, 3.8) is 0 Å². The first-order chi connectivity index (χ1) is 17.7. The standard InChI is InChI=1S/C29H41N3O4S/c1-6-31(7-2)22-13-11-21(12-14-22)26-23-10-8-9-15-29(23,35)16-17-32(26)18-24(33)30-27-25(28(34)36-5)19(3)20(4)37-27/h11-14,23,26,35H,6-10,15-18H2,1-5H3,(H,30,33). The number of thiophene rings is 1. The molecule has 1 amide bonds. The molecule has 1 aliphatic carbocycles. The summed E-state index contributed by atoms with van der Waals surface area (Å²) < 4.78 is 4.97. The van der Waals surface area contributed by atoms with Crippen molar-refractivity contribution >= 4 is 33.9 Å². The number of aryl methyl sites for hydroxylation is 1. The SMILES string of the molecule is CCN(CC)c1ccc(C2C3CCCCC3(O)CCN2CC(=O)Nc2sc(C)c(C)c2C(=O)OC)cc1. The molecule has 2 aliphatic rings. The first kappa shape index (κ1) is 27.6. The van der Waals surface area contributed by atoms with Gasteiger partial charge in [0.25, 0.3) is 0 Å². The molecule has 2 heterocycles. The average Bonchev–Trinajstić information content (AvgIpc) is 3.17. The van der Waals surface area contributed by atoms with Crippen molar-refractivity contribution in [2.75, 3.05) is 43.5 Å². The van der Waals surface area contributed by atoms with E-state index in [4.69, 9.17) is 4.74 Å². The second-order valence-electron chi connectivity index (χ2n) is 10.4. The van der Waals surface area contributed by atoms with Crippen LogP contribution in [0.3, 0.4) is 0 Å². The second kappa shape index (κ2) is 11.5. The van der Waals surface area contributed by atoms with Crippen LogP contribution in [0.15, 0.2) is 24.3 Å². The molecule has 0 radical (unpaired) electrons. The maximum atomic E-state index is 13.3. The maximum absolute atomic E-state index is 13.3. The Bertz CT molecular complexity index is 1110. The molecule has 1 aromatic heterocycles. The molecule has 1 saturated heterocycles. The van der Waals surface area contributed by atoms with Crippen molar-refractivity contribution in [1.82, 2.24) is 4.90 Å². The fourth-order valence-corrected chi connectivity index (χ4v) is 7.31. The summed E-state index contributed by atoms with van der Waals surface area (Å²) in [4.78, 5) is 31.2. The number of esters is 1. The Balaban J connectivity index is 1.60. The third-order valence-corrected chi connectivity index (χ3v) is 9.53. The van der Waals surface area contributed by atoms with Crippen LogP contribution in [0.2, 0.25) is 0 Å². The monoisotopic (exact) mass is 527 g/mol. The highest BCUT2D eigenvalue weighted by Crippen LogP contribution is 2.49. The van der Waals surface area contributed by atoms with Gasteiger partial charge in [0.1, 0.15) is 5.00 Å². The number of nitrogens with zero attached hydrogens (tertiary/aromatic N) is 2. The molecule has 2 fully saturated rings. The van der Waals surface area contributed by atoms with Gasteiger partial charge < -0.3 is 20.1 Å². The first-order valence-electron chi connectivity index (χ1n) is 13.5. The summed E-state index contributed by atoms with van der Waals surface area (Å²) in [7, 11) is 1.36. The fourth-order valence-electron chi connectivity index (χ4n) is 6.25. The largest absolute Gasteiger partial charge is 0.465 e. The summed E-state index contributed by atoms with van der Waals surface area (Å²) in [5.74, 6) is -0.509. The number of methoxy groups -OCH3 is 1. The third kappa shape index (κ3) is 5.56. The number of hydrogen-bond donors (Lipinski definition) is 2. The predicted molar refractivity (Wildman–Crippen MR) is 150 cm³/mol. The van der Waals surface area contributed by atoms with E-state index in [1.807, 2.05) is 13.8 Å². The molecule has 0 bridgehead atoms. The Labute approximate surface area is 224 Å². The first-order valence-corrected chi connectivity index (χ1v) is 14.3. The van der Waals surface area contributed by atoms with Crippen molar-refractivity contribution in [3.05, 3.63) is 45.8 Å². The molecule has 1 aliphatic heterocycles. The minimum Gasteiger partial charge on any atom is -0.465 e. The van der Waals surface area contributed by atoms with Crippen LogP contribution in [0.4, 0.5) is 10.7 Å². The van der Waals surface area contributed by atoms with Gasteiger partial charge in [0, 0.05) is 42.2 Å². The normalized spacial score (nSPS) is 23.8. The van der Waals surface area contributed by atoms with Gasteiger partial charge in [-0.25, -0.2) is 4.79 Å². The lowest BCUT2D eigenvalue weighted by Crippen LogP contribution is -2.56. The van der Waals surface area contributed by atoms with E-state index in [1.165, 1.54) is 24.1 Å². The van der Waals surface area contributed by atoms with Gasteiger partial charge >= 0.3 is 5.97 Å². The number of anilines is 2. The van der Waals surface area contributed by atoms with Gasteiger partial charge in [0.05, 0.1) is 24.8 Å². The second-order valence-corrected chi connectivity index (χ2v) is 11.6. The molecule has 37 heavy (non-hydrogen) atoms. The topological polar surface area (TPSA) is 82.1 Å². The molecule has 1 aromatic carbocycles. The molecule has 0 spiro atoms. The number of aliphatic hydroxyl groups is 1. The van der Waals surface area contributed by atoms with E-state index < -0.39 is 11.6 Å². The number of rotatable bonds is 8. The van der Waals surface area contributed by atoms with Gasteiger partial charge in [-0.2, -0.15) is 0 Å². The molecule has 8 heteroatoms. The van der Waals surface area contributed by atoms with Crippen LogP contribution in [0.5, 0.6) is 0 Å².